The van der Waals surface area contributed by atoms with E-state index in [1.165, 1.54) is 36.4 Å². The van der Waals surface area contributed by atoms with Gasteiger partial charge < -0.3 is 15.2 Å². The Kier molecular flexibility index (Phi) is 5.70. The summed E-state index contributed by atoms with van der Waals surface area (Å²) in [4.78, 5) is 28.4. The molecule has 0 spiro atoms. The molecule has 4 aromatic rings. The number of halogens is 3. The molecule has 9 heteroatoms. The van der Waals surface area contributed by atoms with Crippen LogP contribution >= 0.6 is 0 Å². The lowest BCUT2D eigenvalue weighted by Crippen LogP contribution is -2.17. The summed E-state index contributed by atoms with van der Waals surface area (Å²) in [5, 5.41) is 12.5. The second kappa shape index (κ2) is 8.62. The van der Waals surface area contributed by atoms with E-state index >= 15 is 0 Å². The van der Waals surface area contributed by atoms with Crippen molar-refractivity contribution in [1.82, 2.24) is 4.98 Å². The van der Waals surface area contributed by atoms with Crippen LogP contribution in [0.2, 0.25) is 0 Å². The number of nitrogens with zero attached hydrogens (tertiary/aromatic N) is 1. The van der Waals surface area contributed by atoms with Gasteiger partial charge in [0, 0.05) is 16.5 Å². The number of rotatable bonds is 5. The fraction of sp³-hybridized carbons (Fsp3) is 0.0417. The predicted molar refractivity (Wildman–Crippen MR) is 115 cm³/mol. The summed E-state index contributed by atoms with van der Waals surface area (Å²) >= 11 is 0. The zero-order valence-corrected chi connectivity index (χ0v) is 16.8. The number of carbonyl (C=O) groups excluding carboxylic acids is 1. The van der Waals surface area contributed by atoms with Gasteiger partial charge in [-0.2, -0.15) is 0 Å². The predicted octanol–water partition coefficient (Wildman–Crippen LogP) is 5.75. The van der Waals surface area contributed by atoms with E-state index in [-0.39, 0.29) is 22.6 Å². The van der Waals surface area contributed by atoms with Crippen molar-refractivity contribution in [3.8, 4) is 17.0 Å². The number of para-hydroxylation sites is 1. The lowest BCUT2D eigenvalue weighted by Gasteiger charge is -2.11. The van der Waals surface area contributed by atoms with E-state index in [1.807, 2.05) is 0 Å². The number of aromatic nitrogens is 1. The van der Waals surface area contributed by atoms with Gasteiger partial charge in [-0.05, 0) is 48.5 Å². The van der Waals surface area contributed by atoms with Crippen molar-refractivity contribution < 1.29 is 32.6 Å². The van der Waals surface area contributed by atoms with Gasteiger partial charge in [0.05, 0.1) is 22.5 Å². The van der Waals surface area contributed by atoms with Crippen molar-refractivity contribution >= 4 is 28.5 Å². The molecule has 0 fully saturated rings. The number of pyridine rings is 1. The molecule has 33 heavy (non-hydrogen) atoms. The molecule has 166 valence electrons. The van der Waals surface area contributed by atoms with E-state index in [9.17, 15) is 27.9 Å². The summed E-state index contributed by atoms with van der Waals surface area (Å²) in [6, 6.07) is 19.6. The Bertz CT molecular complexity index is 1370. The lowest BCUT2D eigenvalue weighted by molar-refractivity contribution is -0.274. The second-order valence-corrected chi connectivity index (χ2v) is 6.98. The number of benzene rings is 3. The molecule has 1 aromatic heterocycles. The fourth-order valence-electron chi connectivity index (χ4n) is 3.25. The van der Waals surface area contributed by atoms with Gasteiger partial charge in [-0.3, -0.25) is 4.79 Å². The highest BCUT2D eigenvalue weighted by Crippen LogP contribution is 2.28. The zero-order valence-electron chi connectivity index (χ0n) is 16.8. The highest BCUT2D eigenvalue weighted by Gasteiger charge is 2.31. The third-order valence-electron chi connectivity index (χ3n) is 4.72. The number of nitrogens with one attached hydrogen (secondary N) is 1. The van der Waals surface area contributed by atoms with Crippen LogP contribution in [0.25, 0.3) is 22.2 Å². The number of ether oxygens (including phenoxy) is 1. The van der Waals surface area contributed by atoms with Crippen molar-refractivity contribution in [3.63, 3.8) is 0 Å². The van der Waals surface area contributed by atoms with Crippen LogP contribution in [0, 0.1) is 0 Å². The molecule has 0 bridgehead atoms. The maximum Gasteiger partial charge on any atom is 0.573 e. The zero-order chi connectivity index (χ0) is 23.6. The molecule has 6 nitrogen and oxygen atoms in total. The van der Waals surface area contributed by atoms with Crippen LogP contribution in [-0.4, -0.2) is 28.3 Å². The number of carbonyl (C=O) groups is 2. The summed E-state index contributed by atoms with van der Waals surface area (Å²) < 4.78 is 41.4. The molecule has 4 rings (SSSR count). The number of alkyl halides is 3. The largest absolute Gasteiger partial charge is 0.573 e. The third-order valence-corrected chi connectivity index (χ3v) is 4.72. The molecule has 0 radical (unpaired) electrons. The molecule has 0 unspecified atom stereocenters. The van der Waals surface area contributed by atoms with Gasteiger partial charge in [-0.25, -0.2) is 9.78 Å². The van der Waals surface area contributed by atoms with Crippen LogP contribution in [0.15, 0.2) is 78.9 Å². The minimum atomic E-state index is -4.79. The Morgan fingerprint density at radius 2 is 1.70 bits per heavy atom. The highest BCUT2D eigenvalue weighted by atomic mass is 19.4. The van der Waals surface area contributed by atoms with Crippen LogP contribution in [-0.2, 0) is 0 Å². The fourth-order valence-corrected chi connectivity index (χ4v) is 3.25. The number of hydrogen-bond acceptors (Lipinski definition) is 4. The molecular formula is C24H15F3N2O4. The van der Waals surface area contributed by atoms with Gasteiger partial charge in [-0.15, -0.1) is 13.2 Å². The molecular weight excluding hydrogens is 437 g/mol. The molecule has 0 aliphatic carbocycles. The maximum absolute atomic E-state index is 12.6. The highest BCUT2D eigenvalue weighted by molar-refractivity contribution is 6.09. The minimum Gasteiger partial charge on any atom is -0.478 e. The van der Waals surface area contributed by atoms with Gasteiger partial charge in [0.1, 0.15) is 5.75 Å². The average molecular weight is 452 g/mol. The van der Waals surface area contributed by atoms with Gasteiger partial charge in [0.2, 0.25) is 0 Å². The Morgan fingerprint density at radius 1 is 0.909 bits per heavy atom. The molecule has 0 atom stereocenters. The number of carboxylic acids is 1. The van der Waals surface area contributed by atoms with Crippen molar-refractivity contribution in [2.45, 2.75) is 6.36 Å². The smallest absolute Gasteiger partial charge is 0.478 e. The number of carboxylic acid groups (broad SMARTS) is 1. The summed E-state index contributed by atoms with van der Waals surface area (Å²) in [7, 11) is 0. The van der Waals surface area contributed by atoms with Gasteiger partial charge in [0.15, 0.2) is 0 Å². The SMILES string of the molecule is O=C(Nc1ccccc1C(=O)O)c1ccc2nc(-c3cccc(OC(F)(F)F)c3)ccc2c1. The van der Waals surface area contributed by atoms with Crippen LogP contribution in [0.5, 0.6) is 5.75 Å². The second-order valence-electron chi connectivity index (χ2n) is 6.98. The Labute approximate surface area is 185 Å². The molecule has 0 saturated heterocycles. The Morgan fingerprint density at radius 3 is 2.45 bits per heavy atom. The van der Waals surface area contributed by atoms with Gasteiger partial charge in [0.25, 0.3) is 5.91 Å². The molecule has 1 heterocycles. The summed E-state index contributed by atoms with van der Waals surface area (Å²) in [5.41, 5.74) is 1.82. The molecule has 0 aliphatic rings. The molecule has 1 amide bonds. The van der Waals surface area contributed by atoms with Crippen molar-refractivity contribution in [2.75, 3.05) is 5.32 Å². The van der Waals surface area contributed by atoms with Crippen LogP contribution in [0.1, 0.15) is 20.7 Å². The summed E-state index contributed by atoms with van der Waals surface area (Å²) in [6.07, 6.45) is -4.79. The van der Waals surface area contributed by atoms with E-state index in [1.54, 1.807) is 42.5 Å². The Balaban J connectivity index is 1.59. The van der Waals surface area contributed by atoms with E-state index in [0.717, 1.165) is 0 Å². The van der Waals surface area contributed by atoms with E-state index in [2.05, 4.69) is 15.0 Å². The topological polar surface area (TPSA) is 88.5 Å². The molecule has 0 aliphatic heterocycles. The number of fused-ring (bicyclic) bond motifs is 1. The first-order valence-corrected chi connectivity index (χ1v) is 9.60. The third kappa shape index (κ3) is 5.09. The number of aromatic carboxylic acids is 1. The molecule has 2 N–H and O–H groups in total. The Hall–Kier alpha value is -4.40. The van der Waals surface area contributed by atoms with E-state index < -0.39 is 18.2 Å². The van der Waals surface area contributed by atoms with Crippen molar-refractivity contribution in [2.24, 2.45) is 0 Å². The molecule has 0 saturated carbocycles. The van der Waals surface area contributed by atoms with Crippen LogP contribution in [0.3, 0.4) is 0 Å². The van der Waals surface area contributed by atoms with Crippen LogP contribution in [0.4, 0.5) is 18.9 Å². The summed E-state index contributed by atoms with van der Waals surface area (Å²) in [5.74, 6) is -2.01. The van der Waals surface area contributed by atoms with Crippen LogP contribution < -0.4 is 10.1 Å². The number of anilines is 1. The quantitative estimate of drug-likeness (QED) is 0.403. The van der Waals surface area contributed by atoms with Crippen molar-refractivity contribution in [1.29, 1.82) is 0 Å². The van der Waals surface area contributed by atoms with Gasteiger partial charge >= 0.3 is 12.3 Å². The first-order valence-electron chi connectivity index (χ1n) is 9.60. The van der Waals surface area contributed by atoms with E-state index in [4.69, 9.17) is 0 Å². The normalized spacial score (nSPS) is 11.2. The lowest BCUT2D eigenvalue weighted by atomic mass is 10.1. The standard InChI is InChI=1S/C24H15F3N2O4/c25-24(26,27)33-17-5-3-4-14(13-17)19-10-8-15-12-16(9-11-20(15)28-19)22(30)29-21-7-2-1-6-18(21)23(31)32/h1-13H,(H,29,30)(H,31,32). The van der Waals surface area contributed by atoms with E-state index in [0.29, 0.717) is 22.2 Å². The molecule has 3 aromatic carbocycles. The van der Waals surface area contributed by atoms with Crippen molar-refractivity contribution in [3.05, 3.63) is 90.0 Å². The minimum absolute atomic E-state index is 0.0327. The number of amides is 1. The monoisotopic (exact) mass is 452 g/mol. The summed E-state index contributed by atoms with van der Waals surface area (Å²) in [6.45, 7) is 0. The first-order chi connectivity index (χ1) is 15.7. The first kappa shape index (κ1) is 21.8. The van der Waals surface area contributed by atoms with Gasteiger partial charge in [-0.1, -0.05) is 30.3 Å². The number of hydrogen-bond donors (Lipinski definition) is 2. The maximum atomic E-state index is 12.6. The average Bonchev–Trinajstić information content (AvgIpc) is 2.77.